The van der Waals surface area contributed by atoms with E-state index >= 15 is 0 Å². The molecule has 1 atom stereocenters. The minimum Gasteiger partial charge on any atom is -0.492 e. The Balaban J connectivity index is 1.67. The summed E-state index contributed by atoms with van der Waals surface area (Å²) >= 11 is 6.53. The molecule has 7 nitrogen and oxygen atoms in total. The fourth-order valence-electron chi connectivity index (χ4n) is 5.01. The highest BCUT2D eigenvalue weighted by Crippen LogP contribution is 2.37. The zero-order valence-corrected chi connectivity index (χ0v) is 27.3. The number of hydrogen-bond donors (Lipinski definition) is 1. The lowest BCUT2D eigenvalue weighted by molar-refractivity contribution is -0.131. The van der Waals surface area contributed by atoms with Gasteiger partial charge in [-0.05, 0) is 81.1 Å². The summed E-state index contributed by atoms with van der Waals surface area (Å²) in [5.41, 5.74) is 4.46. The van der Waals surface area contributed by atoms with Crippen LogP contribution in [0.1, 0.15) is 62.5 Å². The summed E-state index contributed by atoms with van der Waals surface area (Å²) in [6, 6.07) is 17.4. The van der Waals surface area contributed by atoms with Crippen molar-refractivity contribution in [3.63, 3.8) is 0 Å². The Morgan fingerprint density at radius 2 is 1.77 bits per heavy atom. The first-order valence-electron chi connectivity index (χ1n) is 15.1. The molecule has 4 rings (SSSR count). The lowest BCUT2D eigenvalue weighted by Gasteiger charge is -2.32. The fourth-order valence-corrected chi connectivity index (χ4v) is 5.18. The van der Waals surface area contributed by atoms with Gasteiger partial charge < -0.3 is 19.9 Å². The maximum Gasteiger partial charge on any atom is 0.270 e. The molecule has 0 unspecified atom stereocenters. The van der Waals surface area contributed by atoms with E-state index in [-0.39, 0.29) is 35.4 Å². The van der Waals surface area contributed by atoms with Crippen LogP contribution >= 0.6 is 11.6 Å². The van der Waals surface area contributed by atoms with Crippen molar-refractivity contribution in [2.75, 3.05) is 34.3 Å². The minimum absolute atomic E-state index is 0.0468. The molecule has 1 saturated carbocycles. The Morgan fingerprint density at radius 3 is 2.42 bits per heavy atom. The van der Waals surface area contributed by atoms with Crippen molar-refractivity contribution in [2.24, 2.45) is 5.41 Å². The summed E-state index contributed by atoms with van der Waals surface area (Å²) in [5.74, 6) is 0.315. The summed E-state index contributed by atoms with van der Waals surface area (Å²) in [6.45, 7) is 9.61. The van der Waals surface area contributed by atoms with Gasteiger partial charge in [-0.2, -0.15) is 0 Å². The Labute approximate surface area is 261 Å². The van der Waals surface area contributed by atoms with Crippen molar-refractivity contribution in [3.8, 4) is 28.1 Å². The first-order valence-corrected chi connectivity index (χ1v) is 15.4. The summed E-state index contributed by atoms with van der Waals surface area (Å²) in [6.07, 6.45) is 3.19. The van der Waals surface area contributed by atoms with E-state index in [1.54, 1.807) is 6.07 Å². The molecule has 1 fully saturated rings. The molecule has 8 heteroatoms. The average molecular weight is 605 g/mol. The molecule has 1 aromatic heterocycles. The lowest BCUT2D eigenvalue weighted by Crippen LogP contribution is -2.47. The standard InChI is InChI=1S/C35H45ClN4O3/c1-23-11-8-9-12-26(23)27-16-18-29(34(42)38-31(35(2,3)4)22-32(41)40(7)25-14-15-25)37-33(27)24-13-17-28(36)30(21-24)43-20-10-19-39(5)6/h8-9,11-13,16-18,21,25,31H,10,14-15,19-20,22H2,1-7H3,(H,38,42)/t31-/m0/s1. The quantitative estimate of drug-likeness (QED) is 0.229. The van der Waals surface area contributed by atoms with Gasteiger partial charge >= 0.3 is 0 Å². The van der Waals surface area contributed by atoms with Crippen LogP contribution in [-0.4, -0.2) is 73.0 Å². The largest absolute Gasteiger partial charge is 0.492 e. The van der Waals surface area contributed by atoms with Crippen molar-refractivity contribution in [3.05, 3.63) is 70.9 Å². The molecular formula is C35H45ClN4O3. The highest BCUT2D eigenvalue weighted by atomic mass is 35.5. The first-order chi connectivity index (χ1) is 20.3. The molecule has 0 bridgehead atoms. The number of benzene rings is 2. The lowest BCUT2D eigenvalue weighted by atomic mass is 9.84. The Hall–Kier alpha value is -3.42. The highest BCUT2D eigenvalue weighted by molar-refractivity contribution is 6.32. The van der Waals surface area contributed by atoms with Gasteiger partial charge in [0.1, 0.15) is 11.4 Å². The van der Waals surface area contributed by atoms with Gasteiger partial charge in [-0.1, -0.05) is 62.7 Å². The zero-order chi connectivity index (χ0) is 31.3. The van der Waals surface area contributed by atoms with Crippen LogP contribution in [0.3, 0.4) is 0 Å². The summed E-state index contributed by atoms with van der Waals surface area (Å²) in [4.78, 5) is 35.5. The molecule has 230 valence electrons. The maximum atomic E-state index is 13.7. The molecule has 0 saturated heterocycles. The molecule has 1 heterocycles. The number of carbonyl (C=O) groups excluding carboxylic acids is 2. The third-order valence-electron chi connectivity index (χ3n) is 7.99. The van der Waals surface area contributed by atoms with Gasteiger partial charge in [0.2, 0.25) is 5.91 Å². The Kier molecular flexibility index (Phi) is 10.5. The van der Waals surface area contributed by atoms with Crippen LogP contribution < -0.4 is 10.1 Å². The third kappa shape index (κ3) is 8.58. The summed E-state index contributed by atoms with van der Waals surface area (Å²) in [7, 11) is 5.92. The van der Waals surface area contributed by atoms with Crippen molar-refractivity contribution in [1.29, 1.82) is 0 Å². The van der Waals surface area contributed by atoms with Crippen molar-refractivity contribution < 1.29 is 14.3 Å². The highest BCUT2D eigenvalue weighted by Gasteiger charge is 2.34. The Morgan fingerprint density at radius 1 is 1.05 bits per heavy atom. The van der Waals surface area contributed by atoms with E-state index in [9.17, 15) is 9.59 Å². The van der Waals surface area contributed by atoms with E-state index in [0.717, 1.165) is 48.1 Å². The Bertz CT molecular complexity index is 1450. The van der Waals surface area contributed by atoms with Crippen LogP contribution in [0.2, 0.25) is 5.02 Å². The second-order valence-corrected chi connectivity index (χ2v) is 13.3. The van der Waals surface area contributed by atoms with Gasteiger partial charge in [-0.25, -0.2) is 4.98 Å². The monoisotopic (exact) mass is 604 g/mol. The molecule has 1 N–H and O–H groups in total. The predicted octanol–water partition coefficient (Wildman–Crippen LogP) is 6.86. The summed E-state index contributed by atoms with van der Waals surface area (Å²) in [5, 5.41) is 3.65. The molecule has 2 amide bonds. The first kappa shape index (κ1) is 32.5. The van der Waals surface area contributed by atoms with Crippen LogP contribution in [0, 0.1) is 12.3 Å². The van der Waals surface area contributed by atoms with Crippen LogP contribution in [0.25, 0.3) is 22.4 Å². The fraction of sp³-hybridized carbons (Fsp3) is 0.457. The van der Waals surface area contributed by atoms with Crippen LogP contribution in [0.4, 0.5) is 0 Å². The van der Waals surface area contributed by atoms with Gasteiger partial charge in [0.25, 0.3) is 5.91 Å². The molecule has 0 spiro atoms. The van der Waals surface area contributed by atoms with E-state index in [4.69, 9.17) is 21.3 Å². The molecule has 1 aliphatic rings. The number of amides is 2. The number of aromatic nitrogens is 1. The zero-order valence-electron chi connectivity index (χ0n) is 26.5. The van der Waals surface area contributed by atoms with Gasteiger partial charge in [0.05, 0.1) is 17.3 Å². The molecule has 3 aromatic rings. The molecule has 0 radical (unpaired) electrons. The van der Waals surface area contributed by atoms with Crippen LogP contribution in [-0.2, 0) is 4.79 Å². The van der Waals surface area contributed by atoms with E-state index in [1.807, 2.05) is 83.2 Å². The maximum absolute atomic E-state index is 13.7. The van der Waals surface area contributed by atoms with E-state index in [0.29, 0.717) is 29.1 Å². The second-order valence-electron chi connectivity index (χ2n) is 12.9. The topological polar surface area (TPSA) is 74.8 Å². The number of ether oxygens (including phenoxy) is 1. The van der Waals surface area contributed by atoms with Gasteiger partial charge in [0, 0.05) is 43.2 Å². The number of nitrogens with zero attached hydrogens (tertiary/aromatic N) is 3. The number of carbonyl (C=O) groups is 2. The summed E-state index contributed by atoms with van der Waals surface area (Å²) < 4.78 is 6.06. The third-order valence-corrected chi connectivity index (χ3v) is 8.30. The van der Waals surface area contributed by atoms with E-state index in [2.05, 4.69) is 29.3 Å². The van der Waals surface area contributed by atoms with Crippen molar-refractivity contribution in [1.82, 2.24) is 20.1 Å². The smallest absolute Gasteiger partial charge is 0.270 e. The minimum atomic E-state index is -0.354. The SMILES string of the molecule is Cc1ccccc1-c1ccc(C(=O)N[C@@H](CC(=O)N(C)C2CC2)C(C)(C)C)nc1-c1ccc(Cl)c(OCCCN(C)C)c1. The number of halogens is 1. The number of aryl methyl sites for hydroxylation is 1. The normalized spacial score (nSPS) is 14.0. The van der Waals surface area contributed by atoms with Gasteiger partial charge in [0.15, 0.2) is 0 Å². The van der Waals surface area contributed by atoms with Crippen molar-refractivity contribution >= 4 is 23.4 Å². The molecular weight excluding hydrogens is 560 g/mol. The second kappa shape index (κ2) is 13.9. The molecule has 2 aromatic carbocycles. The molecule has 0 aliphatic heterocycles. The van der Waals surface area contributed by atoms with E-state index in [1.165, 1.54) is 0 Å². The number of nitrogens with one attached hydrogen (secondary N) is 1. The number of rotatable bonds is 12. The number of pyridine rings is 1. The molecule has 1 aliphatic carbocycles. The average Bonchev–Trinajstić information content (AvgIpc) is 3.80. The van der Waals surface area contributed by atoms with Crippen molar-refractivity contribution in [2.45, 2.75) is 65.5 Å². The van der Waals surface area contributed by atoms with E-state index < -0.39 is 0 Å². The molecule has 43 heavy (non-hydrogen) atoms. The van der Waals surface area contributed by atoms with Gasteiger partial charge in [-0.3, -0.25) is 9.59 Å². The van der Waals surface area contributed by atoms with Crippen LogP contribution in [0.5, 0.6) is 5.75 Å². The van der Waals surface area contributed by atoms with Crippen LogP contribution in [0.15, 0.2) is 54.6 Å². The number of hydrogen-bond acceptors (Lipinski definition) is 5. The van der Waals surface area contributed by atoms with Gasteiger partial charge in [-0.15, -0.1) is 0 Å². The predicted molar refractivity (Wildman–Crippen MR) is 175 cm³/mol.